The fraction of sp³-hybridized carbons (Fsp3) is 0.667. The molecule has 1 unspecified atom stereocenters. The van der Waals surface area contributed by atoms with Gasteiger partial charge in [-0.3, -0.25) is 9.69 Å². The Labute approximate surface area is 111 Å². The summed E-state index contributed by atoms with van der Waals surface area (Å²) in [5.41, 5.74) is 0.996. The van der Waals surface area contributed by atoms with E-state index in [1.54, 1.807) is 19.0 Å². The summed E-state index contributed by atoms with van der Waals surface area (Å²) in [6, 6.07) is 0. The standard InChI is InChI=1S/C12H19N3O2S/c1-14(2)12(17)5-11-13-9(8-18-11)6-15-4-3-10(16)7-15/h8,10,16H,3-7H2,1-2H3. The summed E-state index contributed by atoms with van der Waals surface area (Å²) in [5.74, 6) is 0.0764. The monoisotopic (exact) mass is 269 g/mol. The van der Waals surface area contributed by atoms with Gasteiger partial charge in [-0.2, -0.15) is 0 Å². The van der Waals surface area contributed by atoms with Gasteiger partial charge < -0.3 is 10.0 Å². The number of aromatic nitrogens is 1. The Morgan fingerprint density at radius 1 is 1.67 bits per heavy atom. The molecule has 1 fully saturated rings. The number of likely N-dealkylation sites (N-methyl/N-ethyl adjacent to an activating group) is 1. The molecule has 1 amide bonds. The van der Waals surface area contributed by atoms with Crippen LogP contribution in [-0.4, -0.2) is 59.1 Å². The minimum absolute atomic E-state index is 0.0764. The Kier molecular flexibility index (Phi) is 4.31. The minimum Gasteiger partial charge on any atom is -0.392 e. The van der Waals surface area contributed by atoms with Crippen molar-refractivity contribution in [2.75, 3.05) is 27.2 Å². The predicted molar refractivity (Wildman–Crippen MR) is 70.4 cm³/mol. The number of hydrogen-bond acceptors (Lipinski definition) is 5. The van der Waals surface area contributed by atoms with Crippen LogP contribution in [0.25, 0.3) is 0 Å². The Balaban J connectivity index is 1.88. The molecule has 0 saturated carbocycles. The summed E-state index contributed by atoms with van der Waals surface area (Å²) >= 11 is 1.53. The van der Waals surface area contributed by atoms with Crippen molar-refractivity contribution >= 4 is 17.2 Å². The normalized spacial score (nSPS) is 20.3. The van der Waals surface area contributed by atoms with E-state index < -0.39 is 0 Å². The van der Waals surface area contributed by atoms with Gasteiger partial charge in [-0.15, -0.1) is 11.3 Å². The van der Waals surface area contributed by atoms with Gasteiger partial charge in [0.05, 0.1) is 18.2 Å². The van der Waals surface area contributed by atoms with Gasteiger partial charge in [-0.05, 0) is 6.42 Å². The Bertz CT molecular complexity index is 419. The van der Waals surface area contributed by atoms with Gasteiger partial charge >= 0.3 is 0 Å². The van der Waals surface area contributed by atoms with Crippen molar-refractivity contribution in [3.63, 3.8) is 0 Å². The molecule has 0 aromatic carbocycles. The molecule has 1 N–H and O–H groups in total. The molecule has 1 saturated heterocycles. The number of carbonyl (C=O) groups excluding carboxylic acids is 1. The first-order valence-electron chi connectivity index (χ1n) is 6.08. The fourth-order valence-electron chi connectivity index (χ4n) is 1.98. The number of hydrogen-bond donors (Lipinski definition) is 1. The number of nitrogens with zero attached hydrogens (tertiary/aromatic N) is 3. The maximum Gasteiger partial charge on any atom is 0.228 e. The van der Waals surface area contributed by atoms with E-state index in [0.717, 1.165) is 36.8 Å². The van der Waals surface area contributed by atoms with Crippen molar-refractivity contribution in [3.05, 3.63) is 16.1 Å². The first-order valence-corrected chi connectivity index (χ1v) is 6.96. The lowest BCUT2D eigenvalue weighted by atomic mass is 10.3. The molecule has 18 heavy (non-hydrogen) atoms. The van der Waals surface area contributed by atoms with Gasteiger partial charge in [-0.1, -0.05) is 0 Å². The maximum atomic E-state index is 11.6. The largest absolute Gasteiger partial charge is 0.392 e. The van der Waals surface area contributed by atoms with E-state index in [1.807, 2.05) is 5.38 Å². The SMILES string of the molecule is CN(C)C(=O)Cc1nc(CN2CCC(O)C2)cs1. The van der Waals surface area contributed by atoms with Crippen LogP contribution >= 0.6 is 11.3 Å². The molecule has 100 valence electrons. The van der Waals surface area contributed by atoms with Crippen LogP contribution in [0.15, 0.2) is 5.38 Å². The van der Waals surface area contributed by atoms with Gasteiger partial charge in [0.15, 0.2) is 0 Å². The molecular formula is C12H19N3O2S. The third-order valence-electron chi connectivity index (χ3n) is 3.03. The van der Waals surface area contributed by atoms with Gasteiger partial charge in [0.1, 0.15) is 5.01 Å². The molecule has 1 aliphatic rings. The van der Waals surface area contributed by atoms with Crippen LogP contribution in [0.2, 0.25) is 0 Å². The molecule has 1 aliphatic heterocycles. The average molecular weight is 269 g/mol. The van der Waals surface area contributed by atoms with E-state index in [0.29, 0.717) is 6.42 Å². The lowest BCUT2D eigenvalue weighted by molar-refractivity contribution is -0.127. The zero-order chi connectivity index (χ0) is 13.1. The first-order chi connectivity index (χ1) is 8.54. The maximum absolute atomic E-state index is 11.6. The van der Waals surface area contributed by atoms with Crippen LogP contribution in [0.4, 0.5) is 0 Å². The van der Waals surface area contributed by atoms with Crippen LogP contribution in [0.1, 0.15) is 17.1 Å². The molecule has 5 nitrogen and oxygen atoms in total. The number of thiazole rings is 1. The average Bonchev–Trinajstić information content (AvgIpc) is 2.89. The number of likely N-dealkylation sites (tertiary alicyclic amines) is 1. The summed E-state index contributed by atoms with van der Waals surface area (Å²) in [6.07, 6.45) is 1.02. The number of aliphatic hydroxyl groups is 1. The molecule has 0 radical (unpaired) electrons. The number of β-amino-alcohol motifs (C(OH)–C–C–N with tert-alkyl or cyclic N) is 1. The third kappa shape index (κ3) is 3.51. The molecule has 1 atom stereocenters. The highest BCUT2D eigenvalue weighted by Gasteiger charge is 2.21. The summed E-state index contributed by atoms with van der Waals surface area (Å²) in [7, 11) is 3.50. The zero-order valence-electron chi connectivity index (χ0n) is 10.8. The predicted octanol–water partition coefficient (Wildman–Crippen LogP) is 0.340. The van der Waals surface area contributed by atoms with Crippen LogP contribution in [0.5, 0.6) is 0 Å². The van der Waals surface area contributed by atoms with Crippen molar-refractivity contribution in [1.82, 2.24) is 14.8 Å². The fourth-order valence-corrected chi connectivity index (χ4v) is 2.75. The molecule has 2 heterocycles. The van der Waals surface area contributed by atoms with Crippen LogP contribution in [0.3, 0.4) is 0 Å². The third-order valence-corrected chi connectivity index (χ3v) is 3.93. The van der Waals surface area contributed by atoms with Crippen molar-refractivity contribution in [3.8, 4) is 0 Å². The highest BCUT2D eigenvalue weighted by molar-refractivity contribution is 7.09. The van der Waals surface area contributed by atoms with E-state index in [9.17, 15) is 9.90 Å². The van der Waals surface area contributed by atoms with Crippen molar-refractivity contribution in [2.24, 2.45) is 0 Å². The summed E-state index contributed by atoms with van der Waals surface area (Å²) < 4.78 is 0. The smallest absolute Gasteiger partial charge is 0.228 e. The van der Waals surface area contributed by atoms with Crippen molar-refractivity contribution < 1.29 is 9.90 Å². The summed E-state index contributed by atoms with van der Waals surface area (Å²) in [4.78, 5) is 19.8. The molecule has 1 aromatic heterocycles. The zero-order valence-corrected chi connectivity index (χ0v) is 11.6. The molecule has 0 bridgehead atoms. The second-order valence-electron chi connectivity index (χ2n) is 4.88. The topological polar surface area (TPSA) is 56.7 Å². The van der Waals surface area contributed by atoms with Gasteiger partial charge in [0.25, 0.3) is 0 Å². The van der Waals surface area contributed by atoms with Crippen LogP contribution < -0.4 is 0 Å². The van der Waals surface area contributed by atoms with E-state index in [1.165, 1.54) is 11.3 Å². The Morgan fingerprint density at radius 3 is 3.06 bits per heavy atom. The van der Waals surface area contributed by atoms with E-state index in [2.05, 4.69) is 9.88 Å². The van der Waals surface area contributed by atoms with Gasteiger partial charge in [-0.25, -0.2) is 4.98 Å². The second-order valence-corrected chi connectivity index (χ2v) is 5.82. The van der Waals surface area contributed by atoms with Crippen molar-refractivity contribution in [2.45, 2.75) is 25.5 Å². The van der Waals surface area contributed by atoms with Crippen LogP contribution in [0, 0.1) is 0 Å². The second kappa shape index (κ2) is 5.77. The van der Waals surface area contributed by atoms with Gasteiger partial charge in [0, 0.05) is 39.1 Å². The number of aliphatic hydroxyl groups excluding tert-OH is 1. The van der Waals surface area contributed by atoms with E-state index in [-0.39, 0.29) is 12.0 Å². The van der Waals surface area contributed by atoms with E-state index >= 15 is 0 Å². The van der Waals surface area contributed by atoms with E-state index in [4.69, 9.17) is 0 Å². The molecular weight excluding hydrogens is 250 g/mol. The quantitative estimate of drug-likeness (QED) is 0.856. The Hall–Kier alpha value is -0.980. The highest BCUT2D eigenvalue weighted by atomic mass is 32.1. The molecule has 6 heteroatoms. The number of amides is 1. The molecule has 0 spiro atoms. The summed E-state index contributed by atoms with van der Waals surface area (Å²) in [5, 5.41) is 12.3. The van der Waals surface area contributed by atoms with Crippen molar-refractivity contribution in [1.29, 1.82) is 0 Å². The highest BCUT2D eigenvalue weighted by Crippen LogP contribution is 2.16. The minimum atomic E-state index is -0.196. The lowest BCUT2D eigenvalue weighted by Gasteiger charge is -2.12. The summed E-state index contributed by atoms with van der Waals surface area (Å²) in [6.45, 7) is 2.41. The number of rotatable bonds is 4. The first kappa shape index (κ1) is 13.5. The number of carbonyl (C=O) groups is 1. The lowest BCUT2D eigenvalue weighted by Crippen LogP contribution is -2.23. The van der Waals surface area contributed by atoms with Crippen LogP contribution in [-0.2, 0) is 17.8 Å². The van der Waals surface area contributed by atoms with Gasteiger partial charge in [0.2, 0.25) is 5.91 Å². The molecule has 1 aromatic rings. The molecule has 0 aliphatic carbocycles. The molecule has 2 rings (SSSR count). The Morgan fingerprint density at radius 2 is 2.44 bits per heavy atom.